The number of benzene rings is 2. The second kappa shape index (κ2) is 7.79. The Kier molecular flexibility index (Phi) is 5.63. The van der Waals surface area contributed by atoms with Gasteiger partial charge in [-0.25, -0.2) is 0 Å². The van der Waals surface area contributed by atoms with Gasteiger partial charge in [-0.15, -0.1) is 0 Å². The fourth-order valence-electron chi connectivity index (χ4n) is 3.44. The van der Waals surface area contributed by atoms with Crippen molar-refractivity contribution in [2.24, 2.45) is 5.41 Å². The van der Waals surface area contributed by atoms with E-state index in [0.717, 1.165) is 5.56 Å². The molecular weight excluding hydrogens is 387 g/mol. The van der Waals surface area contributed by atoms with E-state index >= 15 is 0 Å². The third-order valence-electron chi connectivity index (χ3n) is 4.83. The minimum Gasteiger partial charge on any atom is -0.496 e. The number of nitrogens with zero attached hydrogens (tertiary/aromatic N) is 1. The molecule has 5 nitrogen and oxygen atoms in total. The van der Waals surface area contributed by atoms with Crippen LogP contribution in [0, 0.1) is 5.41 Å². The van der Waals surface area contributed by atoms with Gasteiger partial charge < -0.3 is 15.0 Å². The zero-order chi connectivity index (χ0) is 19.6. The van der Waals surface area contributed by atoms with Gasteiger partial charge >= 0.3 is 0 Å². The first-order valence-corrected chi connectivity index (χ1v) is 9.23. The summed E-state index contributed by atoms with van der Waals surface area (Å²) in [5.74, 6) is 0.170. The lowest BCUT2D eigenvalue weighted by Crippen LogP contribution is -2.65. The van der Waals surface area contributed by atoms with Crippen LogP contribution in [0.15, 0.2) is 42.5 Å². The number of hydrogen-bond donors (Lipinski definition) is 1. The van der Waals surface area contributed by atoms with Crippen LogP contribution >= 0.6 is 23.2 Å². The monoisotopic (exact) mass is 406 g/mol. The number of carbonyl (C=O) groups excluding carboxylic acids is 2. The molecule has 2 aromatic carbocycles. The number of amides is 2. The molecule has 2 amide bonds. The third kappa shape index (κ3) is 3.89. The van der Waals surface area contributed by atoms with E-state index < -0.39 is 5.41 Å². The van der Waals surface area contributed by atoms with E-state index in [2.05, 4.69) is 5.32 Å². The molecule has 0 atom stereocenters. The van der Waals surface area contributed by atoms with Crippen LogP contribution in [-0.4, -0.2) is 44.0 Å². The van der Waals surface area contributed by atoms with Crippen LogP contribution in [0.3, 0.4) is 0 Å². The summed E-state index contributed by atoms with van der Waals surface area (Å²) in [6, 6.07) is 12.3. The zero-order valence-electron chi connectivity index (χ0n) is 15.1. The van der Waals surface area contributed by atoms with Gasteiger partial charge in [-0.1, -0.05) is 35.3 Å². The van der Waals surface area contributed by atoms with Gasteiger partial charge in [-0.3, -0.25) is 9.59 Å². The minimum atomic E-state index is -0.663. The predicted octanol–water partition coefficient (Wildman–Crippen LogP) is 3.43. The van der Waals surface area contributed by atoms with E-state index in [-0.39, 0.29) is 11.8 Å². The third-order valence-corrected chi connectivity index (χ3v) is 5.32. The van der Waals surface area contributed by atoms with Crippen molar-refractivity contribution in [3.05, 3.63) is 63.6 Å². The van der Waals surface area contributed by atoms with Crippen LogP contribution in [0.2, 0.25) is 10.0 Å². The first-order chi connectivity index (χ1) is 12.9. The van der Waals surface area contributed by atoms with Crippen molar-refractivity contribution in [1.29, 1.82) is 0 Å². The van der Waals surface area contributed by atoms with E-state index in [0.29, 0.717) is 40.9 Å². The molecule has 1 saturated heterocycles. The van der Waals surface area contributed by atoms with Crippen LogP contribution in [0.25, 0.3) is 0 Å². The number of ether oxygens (including phenoxy) is 1. The van der Waals surface area contributed by atoms with E-state index in [1.54, 1.807) is 42.3 Å². The van der Waals surface area contributed by atoms with Gasteiger partial charge in [0.15, 0.2) is 0 Å². The van der Waals surface area contributed by atoms with Crippen molar-refractivity contribution in [2.45, 2.75) is 6.42 Å². The number of carbonyl (C=O) groups is 2. The molecule has 1 N–H and O–H groups in total. The number of nitrogens with one attached hydrogen (secondary N) is 1. The fraction of sp³-hybridized carbons (Fsp3) is 0.300. The first kappa shape index (κ1) is 19.5. The average Bonchev–Trinajstić information content (AvgIpc) is 2.64. The molecule has 0 unspecified atom stereocenters. The predicted molar refractivity (Wildman–Crippen MR) is 106 cm³/mol. The summed E-state index contributed by atoms with van der Waals surface area (Å²) in [5.41, 5.74) is 0.724. The Bertz CT molecular complexity index is 862. The maximum Gasteiger partial charge on any atom is 0.257 e. The number of hydrogen-bond acceptors (Lipinski definition) is 3. The standard InChI is InChI=1S/C20H20Cl2N2O3/c1-23-19(26)20(10-13-3-5-14(21)6-4-13)11-24(12-20)18(25)16-9-15(22)7-8-17(16)27-2/h3-9H,10-12H2,1-2H3,(H,23,26). The van der Waals surface area contributed by atoms with Crippen LogP contribution in [0.4, 0.5) is 0 Å². The molecule has 27 heavy (non-hydrogen) atoms. The highest BCUT2D eigenvalue weighted by Crippen LogP contribution is 2.37. The van der Waals surface area contributed by atoms with Crippen molar-refractivity contribution in [3.8, 4) is 5.75 Å². The first-order valence-electron chi connectivity index (χ1n) is 8.48. The Morgan fingerprint density at radius 3 is 2.33 bits per heavy atom. The Balaban J connectivity index is 1.80. The lowest BCUT2D eigenvalue weighted by Gasteiger charge is -2.48. The van der Waals surface area contributed by atoms with Crippen molar-refractivity contribution in [1.82, 2.24) is 10.2 Å². The summed E-state index contributed by atoms with van der Waals surface area (Å²) in [7, 11) is 3.11. The average molecular weight is 407 g/mol. The van der Waals surface area contributed by atoms with E-state index in [4.69, 9.17) is 27.9 Å². The van der Waals surface area contributed by atoms with Gasteiger partial charge in [0.2, 0.25) is 5.91 Å². The molecule has 2 aromatic rings. The summed E-state index contributed by atoms with van der Waals surface area (Å²) in [6.07, 6.45) is 0.528. The number of methoxy groups -OCH3 is 1. The molecule has 142 valence electrons. The lowest BCUT2D eigenvalue weighted by atomic mass is 9.73. The van der Waals surface area contributed by atoms with E-state index in [9.17, 15) is 9.59 Å². The second-order valence-electron chi connectivity index (χ2n) is 6.67. The molecule has 3 rings (SSSR count). The van der Waals surface area contributed by atoms with Crippen molar-refractivity contribution < 1.29 is 14.3 Å². The minimum absolute atomic E-state index is 0.0837. The molecule has 0 saturated carbocycles. The summed E-state index contributed by atoms with van der Waals surface area (Å²) in [5, 5.41) is 3.82. The van der Waals surface area contributed by atoms with E-state index in [1.807, 2.05) is 12.1 Å². The second-order valence-corrected chi connectivity index (χ2v) is 7.54. The van der Waals surface area contributed by atoms with Gasteiger partial charge in [0.05, 0.1) is 18.1 Å². The van der Waals surface area contributed by atoms with Gasteiger partial charge in [-0.2, -0.15) is 0 Å². The smallest absolute Gasteiger partial charge is 0.257 e. The summed E-state index contributed by atoms with van der Waals surface area (Å²) < 4.78 is 5.27. The maximum absolute atomic E-state index is 12.9. The van der Waals surface area contributed by atoms with Crippen LogP contribution < -0.4 is 10.1 Å². The summed E-state index contributed by atoms with van der Waals surface area (Å²) in [4.78, 5) is 27.1. The van der Waals surface area contributed by atoms with Crippen molar-refractivity contribution in [3.63, 3.8) is 0 Å². The van der Waals surface area contributed by atoms with Gasteiger partial charge in [0.25, 0.3) is 5.91 Å². The quantitative estimate of drug-likeness (QED) is 0.826. The van der Waals surface area contributed by atoms with Gasteiger partial charge in [0, 0.05) is 30.2 Å². The number of rotatable bonds is 5. The molecule has 0 bridgehead atoms. The highest BCUT2D eigenvalue weighted by molar-refractivity contribution is 6.31. The molecule has 7 heteroatoms. The number of halogens is 2. The molecular formula is C20H20Cl2N2O3. The molecule has 0 spiro atoms. The molecule has 0 aliphatic carbocycles. The SMILES string of the molecule is CNC(=O)C1(Cc2ccc(Cl)cc2)CN(C(=O)c2cc(Cl)ccc2OC)C1. The maximum atomic E-state index is 12.9. The molecule has 1 heterocycles. The molecule has 0 radical (unpaired) electrons. The van der Waals surface area contributed by atoms with Gasteiger partial charge in [0.1, 0.15) is 5.75 Å². The molecule has 1 aliphatic heterocycles. The van der Waals surface area contributed by atoms with E-state index in [1.165, 1.54) is 7.11 Å². The lowest BCUT2D eigenvalue weighted by molar-refractivity contribution is -0.138. The van der Waals surface area contributed by atoms with Crippen LogP contribution in [0.1, 0.15) is 15.9 Å². The van der Waals surface area contributed by atoms with Crippen molar-refractivity contribution in [2.75, 3.05) is 27.2 Å². The Morgan fingerprint density at radius 2 is 1.74 bits per heavy atom. The fourth-order valence-corrected chi connectivity index (χ4v) is 3.74. The largest absolute Gasteiger partial charge is 0.496 e. The summed E-state index contributed by atoms with van der Waals surface area (Å²) >= 11 is 12.0. The molecule has 1 aliphatic rings. The molecule has 1 fully saturated rings. The topological polar surface area (TPSA) is 58.6 Å². The Morgan fingerprint density at radius 1 is 1.11 bits per heavy atom. The van der Waals surface area contributed by atoms with Crippen LogP contribution in [-0.2, 0) is 11.2 Å². The normalized spacial score (nSPS) is 15.0. The van der Waals surface area contributed by atoms with Crippen LogP contribution in [0.5, 0.6) is 5.75 Å². The highest BCUT2D eigenvalue weighted by Gasteiger charge is 2.50. The van der Waals surface area contributed by atoms with Gasteiger partial charge in [-0.05, 0) is 42.3 Å². The highest BCUT2D eigenvalue weighted by atomic mass is 35.5. The number of likely N-dealkylation sites (tertiary alicyclic amines) is 1. The Labute approximate surface area is 168 Å². The Hall–Kier alpha value is -2.24. The van der Waals surface area contributed by atoms with Crippen molar-refractivity contribution >= 4 is 35.0 Å². The summed E-state index contributed by atoms with van der Waals surface area (Å²) in [6.45, 7) is 0.646. The zero-order valence-corrected chi connectivity index (χ0v) is 16.6. The molecule has 0 aromatic heterocycles.